The topological polar surface area (TPSA) is 88.1 Å². The molecule has 0 heterocycles. The van der Waals surface area contributed by atoms with Gasteiger partial charge in [-0.2, -0.15) is 9.41 Å². The van der Waals surface area contributed by atoms with Gasteiger partial charge in [0, 0.05) is 6.54 Å². The number of halogens is 1. The first kappa shape index (κ1) is 26.7. The van der Waals surface area contributed by atoms with Crippen LogP contribution < -0.4 is 10.2 Å². The molecule has 0 aliphatic carbocycles. The van der Waals surface area contributed by atoms with E-state index in [-0.39, 0.29) is 11.4 Å². The van der Waals surface area contributed by atoms with E-state index in [1.807, 2.05) is 36.4 Å². The molecule has 0 bridgehead atoms. The Morgan fingerprint density at radius 3 is 2.26 bits per heavy atom. The number of carbonyl (C=O) groups excluding carboxylic acids is 1. The Kier molecular flexibility index (Phi) is 8.97. The number of rotatable bonds is 11. The van der Waals surface area contributed by atoms with Gasteiger partial charge in [-0.1, -0.05) is 72.8 Å². The predicted octanol–water partition coefficient (Wildman–Crippen LogP) is 4.75. The van der Waals surface area contributed by atoms with Crippen LogP contribution in [0.5, 0.6) is 5.75 Å². The Balaban J connectivity index is 1.41. The summed E-state index contributed by atoms with van der Waals surface area (Å²) >= 11 is 0. The minimum absolute atomic E-state index is 0.0470. The van der Waals surface area contributed by atoms with Crippen molar-refractivity contribution in [1.29, 1.82) is 0 Å². The minimum Gasteiger partial charge on any atom is -0.489 e. The molecule has 0 aliphatic rings. The van der Waals surface area contributed by atoms with Crippen molar-refractivity contribution in [2.45, 2.75) is 18.0 Å². The van der Waals surface area contributed by atoms with Gasteiger partial charge in [0.2, 0.25) is 10.0 Å². The number of nitrogens with one attached hydrogen (secondary N) is 1. The number of nitrogens with zero attached hydrogens (tertiary/aromatic N) is 2. The van der Waals surface area contributed by atoms with Crippen LogP contribution in [-0.2, 0) is 28.0 Å². The van der Waals surface area contributed by atoms with Crippen LogP contribution in [-0.4, -0.2) is 31.4 Å². The van der Waals surface area contributed by atoms with E-state index in [2.05, 4.69) is 10.5 Å². The van der Waals surface area contributed by atoms with Crippen LogP contribution in [0.25, 0.3) is 0 Å². The number of amides is 1. The average Bonchev–Trinajstić information content (AvgIpc) is 2.94. The fraction of sp³-hybridized carbons (Fsp3) is 0.103. The quantitative estimate of drug-likeness (QED) is 0.224. The molecule has 0 aliphatic heterocycles. The lowest BCUT2D eigenvalue weighted by atomic mass is 10.2. The van der Waals surface area contributed by atoms with Gasteiger partial charge < -0.3 is 4.74 Å². The molecule has 4 aromatic rings. The number of carbonyl (C=O) groups is 1. The van der Waals surface area contributed by atoms with Crippen LogP contribution in [0.2, 0.25) is 0 Å². The lowest BCUT2D eigenvalue weighted by Crippen LogP contribution is -2.39. The highest BCUT2D eigenvalue weighted by Crippen LogP contribution is 2.18. The molecule has 0 saturated carbocycles. The van der Waals surface area contributed by atoms with Crippen LogP contribution in [0.3, 0.4) is 0 Å². The molecular formula is C29H26FN3O4S. The summed E-state index contributed by atoms with van der Waals surface area (Å²) in [6.07, 6.45) is 1.45. The molecule has 0 saturated heterocycles. The third kappa shape index (κ3) is 7.58. The van der Waals surface area contributed by atoms with E-state index < -0.39 is 28.3 Å². The Morgan fingerprint density at radius 2 is 1.55 bits per heavy atom. The fourth-order valence-electron chi connectivity index (χ4n) is 3.56. The molecule has 0 fully saturated rings. The minimum atomic E-state index is -4.01. The number of hydrogen-bond donors (Lipinski definition) is 1. The summed E-state index contributed by atoms with van der Waals surface area (Å²) in [5.74, 6) is -0.421. The van der Waals surface area contributed by atoms with Gasteiger partial charge in [0.15, 0.2) is 0 Å². The number of hydrogen-bond acceptors (Lipinski definition) is 5. The van der Waals surface area contributed by atoms with E-state index >= 15 is 0 Å². The second-order valence-electron chi connectivity index (χ2n) is 8.35. The second-order valence-corrected chi connectivity index (χ2v) is 10.3. The maximum atomic E-state index is 13.3. The van der Waals surface area contributed by atoms with E-state index in [9.17, 15) is 17.6 Å². The second kappa shape index (κ2) is 12.8. The van der Waals surface area contributed by atoms with Crippen molar-refractivity contribution in [3.8, 4) is 5.75 Å². The molecule has 0 radical (unpaired) electrons. The van der Waals surface area contributed by atoms with Crippen molar-refractivity contribution in [3.63, 3.8) is 0 Å². The summed E-state index contributed by atoms with van der Waals surface area (Å²) in [6.45, 7) is -0.181. The molecule has 194 valence electrons. The summed E-state index contributed by atoms with van der Waals surface area (Å²) in [6, 6.07) is 30.2. The number of sulfonamides is 1. The molecule has 1 amide bonds. The molecular weight excluding hydrogens is 505 g/mol. The molecule has 4 rings (SSSR count). The van der Waals surface area contributed by atoms with Crippen molar-refractivity contribution in [2.24, 2.45) is 5.10 Å². The first-order chi connectivity index (χ1) is 18.4. The van der Waals surface area contributed by atoms with Gasteiger partial charge in [-0.15, -0.1) is 0 Å². The normalized spacial score (nSPS) is 11.5. The highest BCUT2D eigenvalue weighted by Gasteiger charge is 2.26. The van der Waals surface area contributed by atoms with Crippen LogP contribution in [0.1, 0.15) is 16.7 Å². The maximum Gasteiger partial charge on any atom is 0.255 e. The molecule has 0 aromatic heterocycles. The molecule has 0 unspecified atom stereocenters. The molecule has 38 heavy (non-hydrogen) atoms. The summed E-state index contributed by atoms with van der Waals surface area (Å²) in [4.78, 5) is 12.7. The van der Waals surface area contributed by atoms with Crippen molar-refractivity contribution >= 4 is 22.1 Å². The predicted molar refractivity (Wildman–Crippen MR) is 143 cm³/mol. The third-order valence-electron chi connectivity index (χ3n) is 5.48. The van der Waals surface area contributed by atoms with Gasteiger partial charge in [-0.05, 0) is 53.1 Å². The fourth-order valence-corrected chi connectivity index (χ4v) is 4.97. The highest BCUT2D eigenvalue weighted by atomic mass is 32.2. The zero-order valence-electron chi connectivity index (χ0n) is 20.4. The zero-order chi connectivity index (χ0) is 26.8. The average molecular weight is 532 g/mol. The summed E-state index contributed by atoms with van der Waals surface area (Å²) in [5.41, 5.74) is 4.64. The Bertz CT molecular complexity index is 1480. The van der Waals surface area contributed by atoms with E-state index in [1.54, 1.807) is 36.4 Å². The van der Waals surface area contributed by atoms with Crippen LogP contribution >= 0.6 is 0 Å². The standard InChI is InChI=1S/C29H26FN3O4S/c30-26-16-14-23(15-17-26)20-33(38(35,36)28-12-5-2-6-13-28)21-29(34)32-31-19-25-10-7-11-27(18-25)37-22-24-8-3-1-4-9-24/h1-19H,20-22H2,(H,32,34)/b31-19-. The smallest absolute Gasteiger partial charge is 0.255 e. The van der Waals surface area contributed by atoms with Gasteiger partial charge in [-0.25, -0.2) is 18.2 Å². The van der Waals surface area contributed by atoms with Gasteiger partial charge in [-0.3, -0.25) is 4.79 Å². The SMILES string of the molecule is O=C(CN(Cc1ccc(F)cc1)S(=O)(=O)c1ccccc1)N/N=C\c1cccc(OCc2ccccc2)c1. The van der Waals surface area contributed by atoms with Crippen molar-refractivity contribution in [1.82, 2.24) is 9.73 Å². The lowest BCUT2D eigenvalue weighted by Gasteiger charge is -2.21. The molecule has 1 N–H and O–H groups in total. The number of hydrazone groups is 1. The molecule has 0 spiro atoms. The van der Waals surface area contributed by atoms with E-state index in [1.165, 1.54) is 42.6 Å². The monoisotopic (exact) mass is 531 g/mol. The van der Waals surface area contributed by atoms with Crippen LogP contribution in [0, 0.1) is 5.82 Å². The number of benzene rings is 4. The summed E-state index contributed by atoms with van der Waals surface area (Å²) in [5, 5.41) is 3.98. The third-order valence-corrected chi connectivity index (χ3v) is 7.29. The van der Waals surface area contributed by atoms with E-state index in [4.69, 9.17) is 4.74 Å². The first-order valence-electron chi connectivity index (χ1n) is 11.8. The van der Waals surface area contributed by atoms with Crippen molar-refractivity contribution < 1.29 is 22.3 Å². The Labute approximate surface area is 221 Å². The van der Waals surface area contributed by atoms with E-state index in [0.717, 1.165) is 9.87 Å². The maximum absolute atomic E-state index is 13.3. The van der Waals surface area contributed by atoms with Gasteiger partial charge in [0.05, 0.1) is 17.7 Å². The first-order valence-corrected chi connectivity index (χ1v) is 13.2. The molecule has 4 aromatic carbocycles. The van der Waals surface area contributed by atoms with Crippen molar-refractivity contribution in [2.75, 3.05) is 6.54 Å². The highest BCUT2D eigenvalue weighted by molar-refractivity contribution is 7.89. The van der Waals surface area contributed by atoms with E-state index in [0.29, 0.717) is 23.5 Å². The van der Waals surface area contributed by atoms with Gasteiger partial charge in [0.25, 0.3) is 5.91 Å². The zero-order valence-corrected chi connectivity index (χ0v) is 21.2. The Morgan fingerprint density at radius 1 is 0.868 bits per heavy atom. The van der Waals surface area contributed by atoms with Crippen LogP contribution in [0.4, 0.5) is 4.39 Å². The van der Waals surface area contributed by atoms with Crippen molar-refractivity contribution in [3.05, 3.63) is 132 Å². The van der Waals surface area contributed by atoms with Gasteiger partial charge >= 0.3 is 0 Å². The largest absolute Gasteiger partial charge is 0.489 e. The molecule has 0 atom stereocenters. The molecule has 9 heteroatoms. The summed E-state index contributed by atoms with van der Waals surface area (Å²) in [7, 11) is -4.01. The number of ether oxygens (including phenoxy) is 1. The molecule has 7 nitrogen and oxygen atoms in total. The van der Waals surface area contributed by atoms with Crippen LogP contribution in [0.15, 0.2) is 119 Å². The van der Waals surface area contributed by atoms with Gasteiger partial charge in [0.1, 0.15) is 18.2 Å². The lowest BCUT2D eigenvalue weighted by molar-refractivity contribution is -0.121. The summed E-state index contributed by atoms with van der Waals surface area (Å²) < 4.78 is 46.7. The Hall–Kier alpha value is -4.34.